The number of carboxylic acids is 1. The molecule has 22 heavy (non-hydrogen) atoms. The van der Waals surface area contributed by atoms with E-state index in [1.165, 1.54) is 6.08 Å². The number of halogens is 1. The number of thioether (sulfide) groups is 1. The van der Waals surface area contributed by atoms with Gasteiger partial charge in [0, 0.05) is 11.6 Å². The summed E-state index contributed by atoms with van der Waals surface area (Å²) in [6.07, 6.45) is 2.81. The lowest BCUT2D eigenvalue weighted by Gasteiger charge is -2.09. The SMILES string of the molecule is O=C(O)CCN1C(=O)S/C(=C\C(Cl)=C\c2ccccc2)C1=O. The van der Waals surface area contributed by atoms with Gasteiger partial charge in [0.2, 0.25) is 0 Å². The van der Waals surface area contributed by atoms with Gasteiger partial charge in [0.15, 0.2) is 0 Å². The van der Waals surface area contributed by atoms with Crippen molar-refractivity contribution >= 4 is 46.6 Å². The minimum Gasteiger partial charge on any atom is -0.481 e. The average Bonchev–Trinajstić information content (AvgIpc) is 2.72. The van der Waals surface area contributed by atoms with Gasteiger partial charge < -0.3 is 5.11 Å². The molecule has 0 spiro atoms. The molecule has 1 saturated heterocycles. The number of allylic oxidation sites excluding steroid dienone is 2. The molecule has 0 bridgehead atoms. The number of benzene rings is 1. The molecule has 0 aliphatic carbocycles. The number of carboxylic acid groups (broad SMARTS) is 1. The highest BCUT2D eigenvalue weighted by molar-refractivity contribution is 8.18. The largest absolute Gasteiger partial charge is 0.481 e. The van der Waals surface area contributed by atoms with Crippen molar-refractivity contribution in [1.29, 1.82) is 0 Å². The molecule has 0 atom stereocenters. The van der Waals surface area contributed by atoms with Crippen LogP contribution in [0.4, 0.5) is 4.79 Å². The Morgan fingerprint density at radius 1 is 1.27 bits per heavy atom. The Bertz CT molecular complexity index is 669. The van der Waals surface area contributed by atoms with Crippen molar-refractivity contribution in [2.24, 2.45) is 0 Å². The first kappa shape index (κ1) is 16.3. The standard InChI is InChI=1S/C15H12ClNO4S/c16-11(8-10-4-2-1-3-5-10)9-12-14(20)17(15(21)22-12)7-6-13(18)19/h1-5,8-9H,6-7H2,(H,18,19)/b11-8-,12-9-. The number of carbonyl (C=O) groups is 3. The molecule has 1 aliphatic rings. The lowest BCUT2D eigenvalue weighted by Crippen LogP contribution is -2.30. The van der Waals surface area contributed by atoms with E-state index >= 15 is 0 Å². The number of amides is 2. The summed E-state index contributed by atoms with van der Waals surface area (Å²) in [6, 6.07) is 9.30. The predicted octanol–water partition coefficient (Wildman–Crippen LogP) is 3.32. The van der Waals surface area contributed by atoms with Crippen molar-refractivity contribution in [2.75, 3.05) is 6.54 Å². The molecule has 1 N–H and O–H groups in total. The van der Waals surface area contributed by atoms with Crippen LogP contribution in [-0.4, -0.2) is 33.7 Å². The summed E-state index contributed by atoms with van der Waals surface area (Å²) in [7, 11) is 0. The van der Waals surface area contributed by atoms with Crippen LogP contribution >= 0.6 is 23.4 Å². The summed E-state index contributed by atoms with van der Waals surface area (Å²) in [4.78, 5) is 35.4. The van der Waals surface area contributed by atoms with Gasteiger partial charge in [-0.15, -0.1) is 0 Å². The van der Waals surface area contributed by atoms with E-state index in [0.29, 0.717) is 5.03 Å². The molecule has 1 aromatic carbocycles. The fourth-order valence-electron chi connectivity index (χ4n) is 1.78. The molecule has 2 rings (SSSR count). The molecule has 0 aromatic heterocycles. The normalized spacial score (nSPS) is 17.4. The Balaban J connectivity index is 2.12. The minimum absolute atomic E-state index is 0.142. The van der Waals surface area contributed by atoms with Gasteiger partial charge in [-0.25, -0.2) is 0 Å². The van der Waals surface area contributed by atoms with Crippen molar-refractivity contribution in [3.63, 3.8) is 0 Å². The second kappa shape index (κ2) is 7.29. The van der Waals surface area contributed by atoms with Crippen LogP contribution in [0.2, 0.25) is 0 Å². The van der Waals surface area contributed by atoms with Crippen molar-refractivity contribution in [3.05, 3.63) is 51.9 Å². The molecule has 1 heterocycles. The molecule has 0 radical (unpaired) electrons. The first-order valence-electron chi connectivity index (χ1n) is 6.37. The lowest BCUT2D eigenvalue weighted by molar-refractivity contribution is -0.137. The van der Waals surface area contributed by atoms with Crippen molar-refractivity contribution < 1.29 is 19.5 Å². The molecule has 0 unspecified atom stereocenters. The molecule has 7 heteroatoms. The van der Waals surface area contributed by atoms with Crippen molar-refractivity contribution in [3.8, 4) is 0 Å². The first-order chi connectivity index (χ1) is 10.5. The van der Waals surface area contributed by atoms with Crippen molar-refractivity contribution in [1.82, 2.24) is 4.90 Å². The molecular formula is C15H12ClNO4S. The quantitative estimate of drug-likeness (QED) is 0.834. The van der Waals surface area contributed by atoms with Crippen LogP contribution in [0.25, 0.3) is 6.08 Å². The number of nitrogens with zero attached hydrogens (tertiary/aromatic N) is 1. The maximum absolute atomic E-state index is 12.1. The predicted molar refractivity (Wildman–Crippen MR) is 85.3 cm³/mol. The third-order valence-corrected chi connectivity index (χ3v) is 3.92. The van der Waals surface area contributed by atoms with Crippen LogP contribution in [0, 0.1) is 0 Å². The minimum atomic E-state index is -1.06. The smallest absolute Gasteiger partial charge is 0.305 e. The van der Waals surface area contributed by atoms with Crippen LogP contribution < -0.4 is 0 Å². The van der Waals surface area contributed by atoms with Gasteiger partial charge in [-0.2, -0.15) is 0 Å². The first-order valence-corrected chi connectivity index (χ1v) is 7.56. The van der Waals surface area contributed by atoms with E-state index in [0.717, 1.165) is 22.2 Å². The summed E-state index contributed by atoms with van der Waals surface area (Å²) < 4.78 is 0. The number of rotatable bonds is 5. The monoisotopic (exact) mass is 337 g/mol. The van der Waals surface area contributed by atoms with E-state index in [2.05, 4.69) is 0 Å². The van der Waals surface area contributed by atoms with E-state index in [1.54, 1.807) is 6.08 Å². The summed E-state index contributed by atoms with van der Waals surface area (Å²) in [6.45, 7) is -0.142. The Morgan fingerprint density at radius 2 is 1.95 bits per heavy atom. The third kappa shape index (κ3) is 4.22. The number of hydrogen-bond donors (Lipinski definition) is 1. The number of imide groups is 1. The third-order valence-electron chi connectivity index (χ3n) is 2.80. The van der Waals surface area contributed by atoms with Crippen LogP contribution in [0.3, 0.4) is 0 Å². The summed E-state index contributed by atoms with van der Waals surface area (Å²) in [5.74, 6) is -1.58. The highest BCUT2D eigenvalue weighted by Gasteiger charge is 2.35. The maximum atomic E-state index is 12.1. The fraction of sp³-hybridized carbons (Fsp3) is 0.133. The Labute approximate surface area is 136 Å². The zero-order valence-corrected chi connectivity index (χ0v) is 12.9. The lowest BCUT2D eigenvalue weighted by atomic mass is 10.2. The van der Waals surface area contributed by atoms with Gasteiger partial charge in [0.1, 0.15) is 0 Å². The van der Waals surface area contributed by atoms with Crippen LogP contribution in [0.15, 0.2) is 46.3 Å². The van der Waals surface area contributed by atoms with E-state index in [1.807, 2.05) is 30.3 Å². The van der Waals surface area contributed by atoms with Crippen LogP contribution in [-0.2, 0) is 9.59 Å². The second-order valence-electron chi connectivity index (χ2n) is 4.42. The fourth-order valence-corrected chi connectivity index (χ4v) is 2.93. The van der Waals surface area contributed by atoms with Gasteiger partial charge in [-0.1, -0.05) is 41.9 Å². The van der Waals surface area contributed by atoms with Crippen molar-refractivity contribution in [2.45, 2.75) is 6.42 Å². The van der Waals surface area contributed by atoms with Gasteiger partial charge in [0.25, 0.3) is 11.1 Å². The molecular weight excluding hydrogens is 326 g/mol. The summed E-state index contributed by atoms with van der Waals surface area (Å²) in [5.41, 5.74) is 0.869. The summed E-state index contributed by atoms with van der Waals surface area (Å²) in [5, 5.41) is 8.45. The molecule has 114 valence electrons. The zero-order valence-electron chi connectivity index (χ0n) is 11.4. The molecule has 1 fully saturated rings. The van der Waals surface area contributed by atoms with Crippen LogP contribution in [0.5, 0.6) is 0 Å². The van der Waals surface area contributed by atoms with E-state index in [4.69, 9.17) is 16.7 Å². The second-order valence-corrected chi connectivity index (χ2v) is 5.85. The van der Waals surface area contributed by atoms with E-state index in [-0.39, 0.29) is 17.9 Å². The molecule has 2 amide bonds. The highest BCUT2D eigenvalue weighted by Crippen LogP contribution is 2.32. The number of carbonyl (C=O) groups excluding carboxylic acids is 2. The number of aliphatic carboxylic acids is 1. The van der Waals surface area contributed by atoms with Gasteiger partial charge >= 0.3 is 5.97 Å². The Kier molecular flexibility index (Phi) is 5.41. The van der Waals surface area contributed by atoms with Gasteiger partial charge in [-0.3, -0.25) is 19.3 Å². The average molecular weight is 338 g/mol. The molecule has 1 aromatic rings. The zero-order chi connectivity index (χ0) is 16.1. The maximum Gasteiger partial charge on any atom is 0.305 e. The Morgan fingerprint density at radius 3 is 2.59 bits per heavy atom. The van der Waals surface area contributed by atoms with E-state index in [9.17, 15) is 14.4 Å². The summed E-state index contributed by atoms with van der Waals surface area (Å²) >= 11 is 6.83. The Hall–Kier alpha value is -2.05. The topological polar surface area (TPSA) is 74.7 Å². The number of hydrogen-bond acceptors (Lipinski definition) is 4. The molecule has 5 nitrogen and oxygen atoms in total. The van der Waals surface area contributed by atoms with E-state index < -0.39 is 17.1 Å². The molecule has 1 aliphatic heterocycles. The molecule has 0 saturated carbocycles. The van der Waals surface area contributed by atoms with Gasteiger partial charge in [-0.05, 0) is 29.5 Å². The highest BCUT2D eigenvalue weighted by atomic mass is 35.5. The van der Waals surface area contributed by atoms with Crippen LogP contribution in [0.1, 0.15) is 12.0 Å². The van der Waals surface area contributed by atoms with Gasteiger partial charge in [0.05, 0.1) is 11.3 Å².